The third kappa shape index (κ3) is 7.16. The van der Waals surface area contributed by atoms with E-state index in [9.17, 15) is 4.80 Å². The Morgan fingerprint density at radius 3 is 1.19 bits per heavy atom. The molecule has 212 valence electrons. The van der Waals surface area contributed by atoms with E-state index in [1.807, 2.05) is 6.55 Å². The van der Waals surface area contributed by atoms with E-state index in [-0.39, 0.29) is 4.82 Å². The summed E-state index contributed by atoms with van der Waals surface area (Å²) in [5.74, 6) is 0. The van der Waals surface area contributed by atoms with Crippen LogP contribution < -0.4 is 0 Å². The number of rotatable bonds is 19. The predicted octanol–water partition coefficient (Wildman–Crippen LogP) is 1.05. The maximum atomic E-state index is 11.7. The molecule has 0 aromatic heterocycles. The second-order valence-corrected chi connectivity index (χ2v) is 27.0. The lowest BCUT2D eigenvalue weighted by Gasteiger charge is -2.43. The molecule has 0 radical (unpaired) electrons. The Labute approximate surface area is 223 Å². The van der Waals surface area contributed by atoms with E-state index in [2.05, 4.69) is 19.7 Å². The van der Waals surface area contributed by atoms with Crippen molar-refractivity contribution in [2.24, 2.45) is 0 Å². The molecule has 0 heterocycles. The minimum absolute atomic E-state index is 0.194. The van der Waals surface area contributed by atoms with Gasteiger partial charge in [0.25, 0.3) is 0 Å². The molecule has 0 aromatic carbocycles. The Hall–Kier alpha value is 0.0413. The molecule has 1 N–H and O–H groups in total. The molecule has 0 saturated carbocycles. The van der Waals surface area contributed by atoms with Crippen LogP contribution in [0.5, 0.6) is 0 Å². The summed E-state index contributed by atoms with van der Waals surface area (Å²) < 4.78 is 63.5. The van der Waals surface area contributed by atoms with Gasteiger partial charge >= 0.3 is 43.5 Å². The third-order valence-electron chi connectivity index (χ3n) is 5.95. The van der Waals surface area contributed by atoms with E-state index in [0.29, 0.717) is 9.64 Å². The first-order valence-electron chi connectivity index (χ1n) is 10.8. The normalized spacial score (nSPS) is 17.2. The van der Waals surface area contributed by atoms with Crippen molar-refractivity contribution in [3.8, 4) is 0 Å². The van der Waals surface area contributed by atoms with Gasteiger partial charge in [-0.1, -0.05) is 19.7 Å². The third-order valence-corrected chi connectivity index (χ3v) is 29.5. The van der Waals surface area contributed by atoms with Gasteiger partial charge in [0, 0.05) is 78.4 Å². The highest BCUT2D eigenvalue weighted by molar-refractivity contribution is 7.04. The summed E-state index contributed by atoms with van der Waals surface area (Å²) in [7, 11) is -7.10. The van der Waals surface area contributed by atoms with Crippen LogP contribution in [0.1, 0.15) is 0 Å². The van der Waals surface area contributed by atoms with Gasteiger partial charge in [0.2, 0.25) is 0 Å². The molecular formula is C18H44O12Si6. The van der Waals surface area contributed by atoms with Crippen molar-refractivity contribution in [3.63, 3.8) is 0 Å². The molecule has 0 rings (SSSR count). The average Bonchev–Trinajstić information content (AvgIpc) is 2.87. The first-order chi connectivity index (χ1) is 16.6. The van der Waals surface area contributed by atoms with Crippen LogP contribution in [0, 0.1) is 0 Å². The maximum absolute atomic E-state index is 11.7. The average molecular weight is 621 g/mol. The second-order valence-electron chi connectivity index (χ2n) is 7.78. The molecule has 3 unspecified atom stereocenters. The number of hydrogen-bond acceptors (Lipinski definition) is 12. The molecule has 0 aliphatic carbocycles. The Morgan fingerprint density at radius 1 is 0.583 bits per heavy atom. The molecule has 3 atom stereocenters. The van der Waals surface area contributed by atoms with Crippen molar-refractivity contribution >= 4 is 52.6 Å². The molecule has 36 heavy (non-hydrogen) atoms. The van der Waals surface area contributed by atoms with Crippen LogP contribution >= 0.6 is 0 Å². The number of hydrogen-bond donors (Lipinski definition) is 1. The fraction of sp³-hybridized carbons (Fsp3) is 0.667. The van der Waals surface area contributed by atoms with Crippen molar-refractivity contribution in [3.05, 3.63) is 34.2 Å². The largest absolute Gasteiger partial charge is 0.532 e. The molecule has 0 aliphatic rings. The highest BCUT2D eigenvalue weighted by atomic mass is 28.5. The highest BCUT2D eigenvalue weighted by Crippen LogP contribution is 2.35. The monoisotopic (exact) mass is 620 g/mol. The summed E-state index contributed by atoms with van der Waals surface area (Å²) in [6, 6.07) is 0. The van der Waals surface area contributed by atoms with Gasteiger partial charge in [-0.05, 0) is 19.6 Å². The predicted molar refractivity (Wildman–Crippen MR) is 148 cm³/mol. The SMILES string of the molecule is C=C([SiH](C)O[Si](C)(O[Si](C)(O)C(=C)[Si](OC)(OC)OC)C(=C)[Si](OC)(OC)OC)[Si](OC)(OC)OC. The van der Waals surface area contributed by atoms with E-state index in [1.54, 1.807) is 6.55 Å². The second kappa shape index (κ2) is 14.4. The van der Waals surface area contributed by atoms with Crippen molar-refractivity contribution in [2.75, 3.05) is 64.0 Å². The molecule has 0 fully saturated rings. The zero-order valence-electron chi connectivity index (χ0n) is 23.6. The Morgan fingerprint density at radius 2 is 0.889 bits per heavy atom. The van der Waals surface area contributed by atoms with Gasteiger partial charge in [0.1, 0.15) is 0 Å². The van der Waals surface area contributed by atoms with Gasteiger partial charge in [0.05, 0.1) is 0 Å². The lowest BCUT2D eigenvalue weighted by Crippen LogP contribution is -2.65. The van der Waals surface area contributed by atoms with E-state index in [1.165, 1.54) is 70.5 Å². The van der Waals surface area contributed by atoms with Gasteiger partial charge in [-0.2, -0.15) is 0 Å². The van der Waals surface area contributed by atoms with E-state index in [0.717, 1.165) is 0 Å². The van der Waals surface area contributed by atoms with Crippen molar-refractivity contribution in [1.82, 2.24) is 0 Å². The summed E-state index contributed by atoms with van der Waals surface area (Å²) in [4.78, 5) is 12.8. The molecule has 0 aromatic rings. The highest BCUT2D eigenvalue weighted by Gasteiger charge is 2.61. The minimum Gasteiger partial charge on any atom is -0.432 e. The molecule has 0 amide bonds. The van der Waals surface area contributed by atoms with Crippen LogP contribution in [0.15, 0.2) is 34.2 Å². The van der Waals surface area contributed by atoms with Crippen molar-refractivity contribution in [1.29, 1.82) is 0 Å². The first-order valence-corrected chi connectivity index (χ1v) is 22.8. The fourth-order valence-corrected chi connectivity index (χ4v) is 27.3. The van der Waals surface area contributed by atoms with E-state index in [4.69, 9.17) is 48.1 Å². The molecule has 18 heteroatoms. The fourth-order valence-electron chi connectivity index (χ4n) is 3.70. The minimum atomic E-state index is -3.86. The van der Waals surface area contributed by atoms with Crippen molar-refractivity contribution in [2.45, 2.75) is 19.6 Å². The molecule has 0 aliphatic heterocycles. The smallest absolute Gasteiger partial charge is 0.432 e. The van der Waals surface area contributed by atoms with E-state index < -0.39 is 52.6 Å². The first kappa shape index (κ1) is 36.0. The van der Waals surface area contributed by atoms with Crippen LogP contribution in [0.25, 0.3) is 0 Å². The van der Waals surface area contributed by atoms with Gasteiger partial charge in [-0.3, -0.25) is 0 Å². The van der Waals surface area contributed by atoms with Crippen molar-refractivity contribution < 1.29 is 52.9 Å². The molecular weight excluding hydrogens is 577 g/mol. The summed E-state index contributed by atoms with van der Waals surface area (Å²) in [6.07, 6.45) is 0. The van der Waals surface area contributed by atoms with Gasteiger partial charge in [-0.25, -0.2) is 0 Å². The Balaban J connectivity index is 6.72. The van der Waals surface area contributed by atoms with Gasteiger partial charge < -0.3 is 52.9 Å². The molecule has 0 saturated heterocycles. The van der Waals surface area contributed by atoms with E-state index >= 15 is 0 Å². The van der Waals surface area contributed by atoms with Crippen LogP contribution in [0.3, 0.4) is 0 Å². The maximum Gasteiger partial charge on any atom is 0.532 e. The topological polar surface area (TPSA) is 122 Å². The Kier molecular flexibility index (Phi) is 14.4. The summed E-state index contributed by atoms with van der Waals surface area (Å²) in [5.41, 5.74) is 0. The summed E-state index contributed by atoms with van der Waals surface area (Å²) in [6.45, 7) is 17.6. The summed E-state index contributed by atoms with van der Waals surface area (Å²) >= 11 is 0. The molecule has 12 nitrogen and oxygen atoms in total. The van der Waals surface area contributed by atoms with Gasteiger partial charge in [-0.15, -0.1) is 0 Å². The zero-order valence-corrected chi connectivity index (χ0v) is 29.8. The van der Waals surface area contributed by atoms with Crippen LogP contribution in [0.4, 0.5) is 0 Å². The molecule has 0 bridgehead atoms. The lowest BCUT2D eigenvalue weighted by atomic mass is 11.2. The zero-order chi connectivity index (χ0) is 28.6. The lowest BCUT2D eigenvalue weighted by molar-refractivity contribution is 0.134. The Bertz CT molecular complexity index is 732. The van der Waals surface area contributed by atoms with Crippen LogP contribution in [-0.2, 0) is 48.1 Å². The van der Waals surface area contributed by atoms with Crippen LogP contribution in [-0.4, -0.2) is 121 Å². The van der Waals surface area contributed by atoms with Crippen LogP contribution in [0.2, 0.25) is 19.6 Å². The van der Waals surface area contributed by atoms with Gasteiger partial charge in [0.15, 0.2) is 9.04 Å². The standard InChI is InChI=1S/C18H44O12Si6/c1-16(34(20-4,21-5)22-6)31(13)29-33(15,18(3)36(26-10,27-11)28-12)30-32(14,19)17(2)35(23-7,24-8)25-9/h19,31H,1-3H2,4-15H3. The quantitative estimate of drug-likeness (QED) is 0.208. The summed E-state index contributed by atoms with van der Waals surface area (Å²) in [5, 5.41) is 0. The molecule has 0 spiro atoms.